The van der Waals surface area contributed by atoms with Crippen molar-refractivity contribution in [2.24, 2.45) is 0 Å². The first-order valence-electron chi connectivity index (χ1n) is 7.27. The van der Waals surface area contributed by atoms with Crippen molar-refractivity contribution < 1.29 is 19.1 Å². The summed E-state index contributed by atoms with van der Waals surface area (Å²) >= 11 is 0. The van der Waals surface area contributed by atoms with Crippen LogP contribution in [0.15, 0.2) is 0 Å². The minimum Gasteiger partial charge on any atom is -0.469 e. The molecule has 0 spiro atoms. The van der Waals surface area contributed by atoms with Crippen LogP contribution >= 0.6 is 0 Å². The van der Waals surface area contributed by atoms with Crippen LogP contribution in [0.1, 0.15) is 59.3 Å². The van der Waals surface area contributed by atoms with Crippen LogP contribution in [0.25, 0.3) is 0 Å². The molecule has 5 heteroatoms. The maximum absolute atomic E-state index is 11.7. The van der Waals surface area contributed by atoms with Gasteiger partial charge in [-0.25, -0.2) is 4.79 Å². The molecule has 0 heterocycles. The highest BCUT2D eigenvalue weighted by atomic mass is 16.6. The molecule has 0 saturated carbocycles. The van der Waals surface area contributed by atoms with Crippen molar-refractivity contribution in [3.63, 3.8) is 0 Å². The fourth-order valence-corrected chi connectivity index (χ4v) is 1.68. The molecule has 0 aromatic rings. The lowest BCUT2D eigenvalue weighted by Crippen LogP contribution is -2.34. The number of rotatable bonds is 8. The van der Waals surface area contributed by atoms with Gasteiger partial charge in [0.2, 0.25) is 0 Å². The Kier molecular flexibility index (Phi) is 9.01. The molecule has 0 aromatic carbocycles. The summed E-state index contributed by atoms with van der Waals surface area (Å²) in [5, 5.41) is 0. The first kappa shape index (κ1) is 18.7. The molecule has 0 unspecified atom stereocenters. The van der Waals surface area contributed by atoms with Crippen LogP contribution in [0.5, 0.6) is 0 Å². The lowest BCUT2D eigenvalue weighted by atomic mass is 10.1. The second kappa shape index (κ2) is 9.61. The number of carbonyl (C=O) groups excluding carboxylic acids is 2. The van der Waals surface area contributed by atoms with Gasteiger partial charge in [-0.15, -0.1) is 0 Å². The summed E-state index contributed by atoms with van der Waals surface area (Å²) in [7, 11) is 3.17. The fourth-order valence-electron chi connectivity index (χ4n) is 1.68. The number of amides is 1. The van der Waals surface area contributed by atoms with E-state index in [1.807, 2.05) is 20.8 Å². The molecule has 0 aliphatic heterocycles. The van der Waals surface area contributed by atoms with Crippen molar-refractivity contribution in [1.29, 1.82) is 0 Å². The summed E-state index contributed by atoms with van der Waals surface area (Å²) in [6.45, 7) is 6.28. The number of ether oxygens (including phenoxy) is 2. The van der Waals surface area contributed by atoms with Gasteiger partial charge in [0.15, 0.2) is 0 Å². The molecule has 0 fully saturated rings. The van der Waals surface area contributed by atoms with E-state index in [-0.39, 0.29) is 12.1 Å². The van der Waals surface area contributed by atoms with Crippen molar-refractivity contribution in [3.05, 3.63) is 0 Å². The van der Waals surface area contributed by atoms with Gasteiger partial charge in [-0.3, -0.25) is 4.79 Å². The molecule has 0 radical (unpaired) electrons. The Balaban J connectivity index is 3.55. The van der Waals surface area contributed by atoms with Crippen LogP contribution in [-0.4, -0.2) is 43.3 Å². The normalized spacial score (nSPS) is 11.1. The molecule has 5 nitrogen and oxygen atoms in total. The zero-order chi connectivity index (χ0) is 15.6. The van der Waals surface area contributed by atoms with Gasteiger partial charge < -0.3 is 14.4 Å². The topological polar surface area (TPSA) is 55.8 Å². The van der Waals surface area contributed by atoms with E-state index in [9.17, 15) is 9.59 Å². The summed E-state index contributed by atoms with van der Waals surface area (Å²) < 4.78 is 9.85. The van der Waals surface area contributed by atoms with Crippen molar-refractivity contribution in [2.75, 3.05) is 20.7 Å². The zero-order valence-electron chi connectivity index (χ0n) is 13.5. The molecule has 20 heavy (non-hydrogen) atoms. The number of esters is 1. The average molecular weight is 287 g/mol. The van der Waals surface area contributed by atoms with Crippen LogP contribution in [-0.2, 0) is 14.3 Å². The molecule has 118 valence electrons. The highest BCUT2D eigenvalue weighted by Gasteiger charge is 2.18. The highest BCUT2D eigenvalue weighted by Crippen LogP contribution is 2.10. The number of hydrogen-bond acceptors (Lipinski definition) is 4. The molecule has 0 N–H and O–H groups in total. The third-order valence-corrected chi connectivity index (χ3v) is 2.81. The Morgan fingerprint density at radius 3 is 2.10 bits per heavy atom. The van der Waals surface area contributed by atoms with Crippen molar-refractivity contribution in [2.45, 2.75) is 64.9 Å². The molecule has 0 atom stereocenters. The fraction of sp³-hybridized carbons (Fsp3) is 0.867. The Hall–Kier alpha value is -1.26. The molecule has 0 rings (SSSR count). The molecule has 1 amide bonds. The third kappa shape index (κ3) is 10.6. The third-order valence-electron chi connectivity index (χ3n) is 2.81. The van der Waals surface area contributed by atoms with Gasteiger partial charge in [0.05, 0.1) is 7.11 Å². The Morgan fingerprint density at radius 1 is 1.00 bits per heavy atom. The van der Waals surface area contributed by atoms with E-state index < -0.39 is 5.60 Å². The number of unbranched alkanes of at least 4 members (excludes halogenated alkanes) is 4. The van der Waals surface area contributed by atoms with Crippen LogP contribution < -0.4 is 0 Å². The largest absolute Gasteiger partial charge is 0.469 e. The van der Waals surface area contributed by atoms with Gasteiger partial charge in [0.25, 0.3) is 0 Å². The van der Waals surface area contributed by atoms with Gasteiger partial charge >= 0.3 is 12.1 Å². The number of carbonyl (C=O) groups is 2. The smallest absolute Gasteiger partial charge is 0.410 e. The molecule has 0 aromatic heterocycles. The van der Waals surface area contributed by atoms with Crippen molar-refractivity contribution in [1.82, 2.24) is 4.90 Å². The minimum absolute atomic E-state index is 0.144. The molecule has 0 bridgehead atoms. The van der Waals surface area contributed by atoms with Crippen molar-refractivity contribution >= 4 is 12.1 Å². The molecular weight excluding hydrogens is 258 g/mol. The van der Waals surface area contributed by atoms with Gasteiger partial charge in [-0.2, -0.15) is 0 Å². The number of methoxy groups -OCH3 is 1. The second-order valence-corrected chi connectivity index (χ2v) is 6.00. The summed E-state index contributed by atoms with van der Waals surface area (Å²) in [6.07, 6.45) is 5.18. The second-order valence-electron chi connectivity index (χ2n) is 6.00. The Labute approximate surface area is 122 Å². The number of hydrogen-bond donors (Lipinski definition) is 0. The molecule has 0 aliphatic carbocycles. The maximum Gasteiger partial charge on any atom is 0.410 e. The van der Waals surface area contributed by atoms with Crippen LogP contribution in [0.3, 0.4) is 0 Å². The standard InChI is InChI=1S/C15H29NO4/c1-15(2,3)20-14(18)16(4)12-10-8-6-7-9-11-13(17)19-5/h6-12H2,1-5H3. The van der Waals surface area contributed by atoms with E-state index in [0.717, 1.165) is 32.1 Å². The summed E-state index contributed by atoms with van der Waals surface area (Å²) in [5.41, 5.74) is -0.445. The predicted molar refractivity (Wildman–Crippen MR) is 78.6 cm³/mol. The summed E-state index contributed by atoms with van der Waals surface area (Å²) in [4.78, 5) is 24.2. The first-order chi connectivity index (χ1) is 9.26. The highest BCUT2D eigenvalue weighted by molar-refractivity contribution is 5.69. The lowest BCUT2D eigenvalue weighted by molar-refractivity contribution is -0.140. The van der Waals surface area contributed by atoms with Crippen molar-refractivity contribution in [3.8, 4) is 0 Å². The summed E-state index contributed by atoms with van der Waals surface area (Å²) in [6, 6.07) is 0. The van der Waals surface area contributed by atoms with Gasteiger partial charge in [0, 0.05) is 20.0 Å². The Morgan fingerprint density at radius 2 is 1.55 bits per heavy atom. The SMILES string of the molecule is COC(=O)CCCCCCCN(C)C(=O)OC(C)(C)C. The Bertz CT molecular complexity index is 297. The van der Waals surface area contributed by atoms with E-state index >= 15 is 0 Å². The molecule has 0 aliphatic rings. The van der Waals surface area contributed by atoms with Gasteiger partial charge in [-0.1, -0.05) is 19.3 Å². The van der Waals surface area contributed by atoms with E-state index in [2.05, 4.69) is 4.74 Å². The number of nitrogens with zero attached hydrogens (tertiary/aromatic N) is 1. The van der Waals surface area contributed by atoms with Crippen LogP contribution in [0.4, 0.5) is 4.79 Å². The van der Waals surface area contributed by atoms with Crippen LogP contribution in [0.2, 0.25) is 0 Å². The predicted octanol–water partition coefficient (Wildman–Crippen LogP) is 3.37. The molecular formula is C15H29NO4. The van der Waals surface area contributed by atoms with Crippen LogP contribution in [0, 0.1) is 0 Å². The van der Waals surface area contributed by atoms with E-state index in [1.165, 1.54) is 7.11 Å². The average Bonchev–Trinajstić information content (AvgIpc) is 2.34. The lowest BCUT2D eigenvalue weighted by Gasteiger charge is -2.24. The maximum atomic E-state index is 11.7. The zero-order valence-corrected chi connectivity index (χ0v) is 13.5. The first-order valence-corrected chi connectivity index (χ1v) is 7.27. The van der Waals surface area contributed by atoms with Gasteiger partial charge in [0.1, 0.15) is 5.60 Å². The van der Waals surface area contributed by atoms with E-state index in [4.69, 9.17) is 4.74 Å². The summed E-state index contributed by atoms with van der Waals surface area (Å²) in [5.74, 6) is -0.144. The van der Waals surface area contributed by atoms with E-state index in [1.54, 1.807) is 11.9 Å². The van der Waals surface area contributed by atoms with E-state index in [0.29, 0.717) is 13.0 Å². The quantitative estimate of drug-likeness (QED) is 0.507. The van der Waals surface area contributed by atoms with Gasteiger partial charge in [-0.05, 0) is 33.6 Å². The molecule has 0 saturated heterocycles. The monoisotopic (exact) mass is 287 g/mol. The minimum atomic E-state index is -0.445.